The maximum atomic E-state index is 13.4. The number of nitrogens with zero attached hydrogens (tertiary/aromatic N) is 5. The van der Waals surface area contributed by atoms with E-state index in [1.807, 2.05) is 65.8 Å². The summed E-state index contributed by atoms with van der Waals surface area (Å²) >= 11 is 0. The summed E-state index contributed by atoms with van der Waals surface area (Å²) in [7, 11) is 0. The molecule has 4 rings (SSSR count). The third-order valence-electron chi connectivity index (χ3n) is 6.91. The highest BCUT2D eigenvalue weighted by Gasteiger charge is 2.32. The van der Waals surface area contributed by atoms with Crippen LogP contribution in [-0.2, 0) is 9.47 Å². The number of aromatic nitrogens is 2. The van der Waals surface area contributed by atoms with Gasteiger partial charge in [-0.15, -0.1) is 0 Å². The number of anilines is 3. The molecule has 2 amide bonds. The third kappa shape index (κ3) is 7.76. The van der Waals surface area contributed by atoms with E-state index in [4.69, 9.17) is 20.2 Å². The van der Waals surface area contributed by atoms with Gasteiger partial charge in [-0.05, 0) is 72.6 Å². The van der Waals surface area contributed by atoms with E-state index in [-0.39, 0.29) is 18.2 Å². The summed E-state index contributed by atoms with van der Waals surface area (Å²) in [4.78, 5) is 40.9. The van der Waals surface area contributed by atoms with Gasteiger partial charge < -0.3 is 25.0 Å². The van der Waals surface area contributed by atoms with Crippen LogP contribution in [0.15, 0.2) is 30.5 Å². The highest BCUT2D eigenvalue weighted by Crippen LogP contribution is 2.32. The molecule has 0 atom stereocenters. The normalized spacial score (nSPS) is 16.9. The Bertz CT molecular complexity index is 1190. The van der Waals surface area contributed by atoms with Gasteiger partial charge in [0.25, 0.3) is 0 Å². The topological polar surface area (TPSA) is 114 Å². The predicted molar refractivity (Wildman–Crippen MR) is 157 cm³/mol. The van der Waals surface area contributed by atoms with Gasteiger partial charge in [-0.3, -0.25) is 4.90 Å². The maximum absolute atomic E-state index is 13.4. The summed E-state index contributed by atoms with van der Waals surface area (Å²) in [5.41, 5.74) is 7.29. The first kappa shape index (κ1) is 29.4. The average molecular weight is 553 g/mol. The quantitative estimate of drug-likeness (QED) is 0.502. The van der Waals surface area contributed by atoms with Gasteiger partial charge in [0.15, 0.2) is 0 Å². The minimum absolute atomic E-state index is 0.0389. The fraction of sp³-hybridized carbons (Fsp3) is 0.600. The van der Waals surface area contributed by atoms with E-state index in [1.54, 1.807) is 16.0 Å². The molecule has 2 fully saturated rings. The van der Waals surface area contributed by atoms with Crippen molar-refractivity contribution in [3.05, 3.63) is 30.5 Å². The molecule has 10 nitrogen and oxygen atoms in total. The monoisotopic (exact) mass is 552 g/mol. The Morgan fingerprint density at radius 1 is 0.925 bits per heavy atom. The van der Waals surface area contributed by atoms with Crippen LogP contribution in [0.4, 0.5) is 26.9 Å². The Morgan fingerprint density at radius 3 is 2.20 bits per heavy atom. The SMILES string of the molecule is CC(C)(C)OC(=O)N1CCN(c2cc(N)cc(-c3ccnc(N(C(=O)OC(C)(C)C)C4CCCCC4)c3)n2)CC1. The molecule has 1 saturated carbocycles. The Hall–Kier alpha value is -3.56. The number of rotatable bonds is 4. The number of amides is 2. The van der Waals surface area contributed by atoms with E-state index < -0.39 is 11.2 Å². The van der Waals surface area contributed by atoms with Crippen molar-refractivity contribution in [3.8, 4) is 11.3 Å². The van der Waals surface area contributed by atoms with Gasteiger partial charge in [0, 0.05) is 55.7 Å². The van der Waals surface area contributed by atoms with Gasteiger partial charge in [0.1, 0.15) is 22.8 Å². The fourth-order valence-electron chi connectivity index (χ4n) is 5.08. The molecule has 1 aliphatic carbocycles. The number of ether oxygens (including phenoxy) is 2. The third-order valence-corrected chi connectivity index (χ3v) is 6.91. The van der Waals surface area contributed by atoms with E-state index in [2.05, 4.69) is 9.88 Å². The van der Waals surface area contributed by atoms with Gasteiger partial charge in [-0.2, -0.15) is 0 Å². The van der Waals surface area contributed by atoms with Crippen molar-refractivity contribution in [1.82, 2.24) is 14.9 Å². The number of carbonyl (C=O) groups excluding carboxylic acids is 2. The Labute approximate surface area is 237 Å². The number of hydrogen-bond acceptors (Lipinski definition) is 8. The van der Waals surface area contributed by atoms with Crippen LogP contribution in [0.2, 0.25) is 0 Å². The van der Waals surface area contributed by atoms with Crippen molar-refractivity contribution in [2.24, 2.45) is 0 Å². The van der Waals surface area contributed by atoms with Gasteiger partial charge >= 0.3 is 12.2 Å². The minimum atomic E-state index is -0.612. The summed E-state index contributed by atoms with van der Waals surface area (Å²) in [6.45, 7) is 13.5. The molecule has 0 aromatic carbocycles. The highest BCUT2D eigenvalue weighted by atomic mass is 16.6. The molecule has 1 aliphatic heterocycles. The molecule has 218 valence electrons. The number of piperazine rings is 1. The summed E-state index contributed by atoms with van der Waals surface area (Å²) < 4.78 is 11.3. The van der Waals surface area contributed by atoms with Crippen LogP contribution in [0.25, 0.3) is 11.3 Å². The van der Waals surface area contributed by atoms with Crippen LogP contribution in [0.3, 0.4) is 0 Å². The summed E-state index contributed by atoms with van der Waals surface area (Å²) in [5.74, 6) is 1.30. The molecular weight excluding hydrogens is 508 g/mol. The van der Waals surface area contributed by atoms with E-state index >= 15 is 0 Å². The highest BCUT2D eigenvalue weighted by molar-refractivity contribution is 5.88. The van der Waals surface area contributed by atoms with Gasteiger partial charge in [0.05, 0.1) is 5.69 Å². The molecule has 10 heteroatoms. The smallest absolute Gasteiger partial charge is 0.416 e. The van der Waals surface area contributed by atoms with E-state index in [1.165, 1.54) is 6.42 Å². The first-order valence-corrected chi connectivity index (χ1v) is 14.3. The number of pyridine rings is 2. The van der Waals surface area contributed by atoms with Crippen molar-refractivity contribution in [1.29, 1.82) is 0 Å². The molecule has 0 bridgehead atoms. The number of nitrogen functional groups attached to an aromatic ring is 1. The summed E-state index contributed by atoms with van der Waals surface area (Å²) in [6.07, 6.45) is 6.18. The number of hydrogen-bond donors (Lipinski definition) is 1. The molecular formula is C30H44N6O4. The first-order valence-electron chi connectivity index (χ1n) is 14.3. The Balaban J connectivity index is 1.56. The molecule has 40 heavy (non-hydrogen) atoms. The van der Waals surface area contributed by atoms with E-state index in [0.717, 1.165) is 37.1 Å². The largest absolute Gasteiger partial charge is 0.444 e. The molecule has 1 saturated heterocycles. The van der Waals surface area contributed by atoms with E-state index in [0.29, 0.717) is 43.4 Å². The van der Waals surface area contributed by atoms with Crippen molar-refractivity contribution < 1.29 is 19.1 Å². The summed E-state index contributed by atoms with van der Waals surface area (Å²) in [5, 5.41) is 0. The Kier molecular flexibility index (Phi) is 8.75. The maximum Gasteiger partial charge on any atom is 0.416 e. The lowest BCUT2D eigenvalue weighted by molar-refractivity contribution is 0.0240. The zero-order valence-corrected chi connectivity index (χ0v) is 24.8. The molecule has 2 aromatic rings. The molecule has 0 spiro atoms. The molecule has 2 aliphatic rings. The molecule has 3 heterocycles. The number of nitrogens with two attached hydrogens (primary N) is 1. The zero-order chi connectivity index (χ0) is 29.1. The minimum Gasteiger partial charge on any atom is -0.444 e. The van der Waals surface area contributed by atoms with Crippen molar-refractivity contribution in [2.45, 2.75) is 90.9 Å². The lowest BCUT2D eigenvalue weighted by Gasteiger charge is -2.36. The van der Waals surface area contributed by atoms with Crippen LogP contribution >= 0.6 is 0 Å². The van der Waals surface area contributed by atoms with Crippen molar-refractivity contribution >= 4 is 29.5 Å². The van der Waals surface area contributed by atoms with Crippen LogP contribution in [0.5, 0.6) is 0 Å². The molecule has 2 aromatic heterocycles. The van der Waals surface area contributed by atoms with Gasteiger partial charge in [-0.1, -0.05) is 19.3 Å². The number of carbonyl (C=O) groups is 2. The fourth-order valence-corrected chi connectivity index (χ4v) is 5.08. The van der Waals surface area contributed by atoms with Gasteiger partial charge in [-0.25, -0.2) is 19.6 Å². The molecule has 0 unspecified atom stereocenters. The second kappa shape index (κ2) is 11.9. The average Bonchev–Trinajstić information content (AvgIpc) is 2.87. The Morgan fingerprint density at radius 2 is 1.57 bits per heavy atom. The van der Waals surface area contributed by atoms with Gasteiger partial charge in [0.2, 0.25) is 0 Å². The van der Waals surface area contributed by atoms with E-state index in [9.17, 15) is 9.59 Å². The zero-order valence-electron chi connectivity index (χ0n) is 24.8. The van der Waals surface area contributed by atoms with Crippen LogP contribution in [-0.4, -0.2) is 70.5 Å². The van der Waals surface area contributed by atoms with Crippen LogP contribution in [0.1, 0.15) is 73.6 Å². The molecule has 2 N–H and O–H groups in total. The van der Waals surface area contributed by atoms with Crippen molar-refractivity contribution in [2.75, 3.05) is 41.7 Å². The second-order valence-corrected chi connectivity index (χ2v) is 12.6. The van der Waals surface area contributed by atoms with Crippen molar-refractivity contribution in [3.63, 3.8) is 0 Å². The lowest BCUT2D eigenvalue weighted by Crippen LogP contribution is -2.50. The molecule has 0 radical (unpaired) electrons. The standard InChI is InChI=1S/C30H44N6O4/c1-29(2,3)39-27(37)35-16-14-34(15-17-35)26-20-22(31)19-24(33-26)21-12-13-32-25(18-21)36(23-10-8-7-9-11-23)28(38)40-30(4,5)6/h12-13,18-20,23H,7-11,14-17H2,1-6H3,(H2,31,33). The van der Waals surface area contributed by atoms with Crippen LogP contribution < -0.4 is 15.5 Å². The lowest BCUT2D eigenvalue weighted by atomic mass is 9.94. The van der Waals surface area contributed by atoms with Crippen LogP contribution in [0, 0.1) is 0 Å². The first-order chi connectivity index (χ1) is 18.8. The second-order valence-electron chi connectivity index (χ2n) is 12.6. The summed E-state index contributed by atoms with van der Waals surface area (Å²) in [6, 6.07) is 7.49. The predicted octanol–water partition coefficient (Wildman–Crippen LogP) is 5.86.